The van der Waals surface area contributed by atoms with Gasteiger partial charge in [0.05, 0.1) is 5.69 Å². The van der Waals surface area contributed by atoms with Crippen molar-refractivity contribution in [3.63, 3.8) is 0 Å². The molecule has 1 heteroatoms. The van der Waals surface area contributed by atoms with Crippen molar-refractivity contribution < 1.29 is 0 Å². The average molecular weight is 750 g/mol. The fraction of sp³-hybridized carbons (Fsp3) is 0. The highest BCUT2D eigenvalue weighted by Crippen LogP contribution is 2.47. The first-order valence-corrected chi connectivity index (χ1v) is 20.3. The Morgan fingerprint density at radius 1 is 0.237 bits per heavy atom. The Morgan fingerprint density at radius 2 is 0.593 bits per heavy atom. The van der Waals surface area contributed by atoms with Gasteiger partial charge >= 0.3 is 0 Å². The van der Waals surface area contributed by atoms with Gasteiger partial charge in [0.1, 0.15) is 0 Å². The van der Waals surface area contributed by atoms with Gasteiger partial charge in [0.2, 0.25) is 0 Å². The highest BCUT2D eigenvalue weighted by molar-refractivity contribution is 6.21. The van der Waals surface area contributed by atoms with Gasteiger partial charge in [-0.15, -0.1) is 0 Å². The zero-order valence-electron chi connectivity index (χ0n) is 32.5. The Morgan fingerprint density at radius 3 is 1.14 bits per heavy atom. The fourth-order valence-electron chi connectivity index (χ4n) is 9.16. The Hall–Kier alpha value is -7.74. The van der Waals surface area contributed by atoms with Crippen LogP contribution in [0.2, 0.25) is 0 Å². The third-order valence-corrected chi connectivity index (χ3v) is 11.8. The minimum atomic E-state index is 1.10. The smallest absolute Gasteiger partial charge is 0.0546 e. The van der Waals surface area contributed by atoms with Gasteiger partial charge in [0.25, 0.3) is 0 Å². The van der Waals surface area contributed by atoms with E-state index in [0.717, 1.165) is 17.1 Å². The van der Waals surface area contributed by atoms with Crippen LogP contribution in [-0.4, -0.2) is 0 Å². The van der Waals surface area contributed by atoms with E-state index in [1.807, 2.05) is 0 Å². The predicted molar refractivity (Wildman–Crippen MR) is 253 cm³/mol. The van der Waals surface area contributed by atoms with E-state index >= 15 is 0 Å². The Kier molecular flexibility index (Phi) is 8.56. The fourth-order valence-corrected chi connectivity index (χ4v) is 9.16. The molecule has 11 aromatic carbocycles. The summed E-state index contributed by atoms with van der Waals surface area (Å²) in [6.07, 6.45) is 0. The maximum absolute atomic E-state index is 2.43. The van der Waals surface area contributed by atoms with Crippen LogP contribution in [0.1, 0.15) is 0 Å². The second-order valence-corrected chi connectivity index (χ2v) is 15.2. The summed E-state index contributed by atoms with van der Waals surface area (Å²) in [4.78, 5) is 2.43. The van der Waals surface area contributed by atoms with E-state index in [0.29, 0.717) is 0 Å². The first-order chi connectivity index (χ1) is 29.3. The lowest BCUT2D eigenvalue weighted by atomic mass is 9.85. The van der Waals surface area contributed by atoms with E-state index in [4.69, 9.17) is 0 Å². The molecule has 0 aliphatic carbocycles. The van der Waals surface area contributed by atoms with Crippen LogP contribution in [-0.2, 0) is 0 Å². The molecular formula is C58H39N. The molecule has 1 nitrogen and oxygen atoms in total. The van der Waals surface area contributed by atoms with Crippen molar-refractivity contribution in [2.24, 2.45) is 0 Å². The number of fused-ring (bicyclic) bond motifs is 6. The van der Waals surface area contributed by atoms with Crippen molar-refractivity contribution in [1.82, 2.24) is 0 Å². The second kappa shape index (κ2) is 14.6. The Balaban J connectivity index is 1.11. The van der Waals surface area contributed by atoms with Crippen molar-refractivity contribution in [3.8, 4) is 44.5 Å². The van der Waals surface area contributed by atoms with Crippen LogP contribution in [0.5, 0.6) is 0 Å². The van der Waals surface area contributed by atoms with Gasteiger partial charge in [-0.2, -0.15) is 0 Å². The zero-order chi connectivity index (χ0) is 39.1. The van der Waals surface area contributed by atoms with Gasteiger partial charge < -0.3 is 4.90 Å². The van der Waals surface area contributed by atoms with Crippen LogP contribution >= 0.6 is 0 Å². The van der Waals surface area contributed by atoms with Crippen LogP contribution in [0.15, 0.2) is 237 Å². The lowest BCUT2D eigenvalue weighted by molar-refractivity contribution is 1.30. The quantitative estimate of drug-likeness (QED) is 0.147. The summed E-state index contributed by atoms with van der Waals surface area (Å²) < 4.78 is 0. The minimum absolute atomic E-state index is 1.10. The number of hydrogen-bond acceptors (Lipinski definition) is 1. The lowest BCUT2D eigenvalue weighted by Crippen LogP contribution is -2.10. The molecule has 0 N–H and O–H groups in total. The molecule has 0 bridgehead atoms. The largest absolute Gasteiger partial charge is 0.310 e. The number of nitrogens with zero attached hydrogens (tertiary/aromatic N) is 1. The van der Waals surface area contributed by atoms with Gasteiger partial charge in [-0.25, -0.2) is 0 Å². The van der Waals surface area contributed by atoms with E-state index in [1.165, 1.54) is 87.6 Å². The first kappa shape index (κ1) is 34.5. The standard InChI is InChI=1S/C58H39N/c1-3-17-40(18-4-1)47-22-9-10-23-48(47)41-31-35-45(36-32-41)59(56-39-44-21-7-8-24-49(44)50-25-11-14-28-53(50)56)46-37-33-43(34-38-46)58-55-30-16-13-27-52(55)51-26-12-15-29-54(51)57(58)42-19-5-2-6-20-42/h1-39H. The summed E-state index contributed by atoms with van der Waals surface area (Å²) >= 11 is 0. The van der Waals surface area contributed by atoms with Crippen LogP contribution in [0.3, 0.4) is 0 Å². The van der Waals surface area contributed by atoms with E-state index < -0.39 is 0 Å². The van der Waals surface area contributed by atoms with Gasteiger partial charge in [-0.05, 0) is 113 Å². The minimum Gasteiger partial charge on any atom is -0.310 e. The van der Waals surface area contributed by atoms with E-state index in [1.54, 1.807) is 0 Å². The summed E-state index contributed by atoms with van der Waals surface area (Å²) in [6, 6.07) is 86.2. The first-order valence-electron chi connectivity index (χ1n) is 20.3. The van der Waals surface area contributed by atoms with Gasteiger partial charge in [-0.1, -0.05) is 206 Å². The monoisotopic (exact) mass is 749 g/mol. The maximum atomic E-state index is 2.43. The Labute approximate surface area is 344 Å². The van der Waals surface area contributed by atoms with Gasteiger partial charge in [0, 0.05) is 16.8 Å². The molecule has 276 valence electrons. The molecule has 0 aliphatic heterocycles. The molecule has 0 heterocycles. The topological polar surface area (TPSA) is 3.24 Å². The molecule has 59 heavy (non-hydrogen) atoms. The molecule has 0 radical (unpaired) electrons. The van der Waals surface area contributed by atoms with Gasteiger partial charge in [0.15, 0.2) is 0 Å². The summed E-state index contributed by atoms with van der Waals surface area (Å²) in [5, 5.41) is 9.97. The van der Waals surface area contributed by atoms with E-state index in [2.05, 4.69) is 241 Å². The number of anilines is 3. The van der Waals surface area contributed by atoms with Crippen LogP contribution in [0.4, 0.5) is 17.1 Å². The highest BCUT2D eigenvalue weighted by Gasteiger charge is 2.21. The molecule has 0 fully saturated rings. The molecule has 0 unspecified atom stereocenters. The number of benzene rings is 11. The SMILES string of the molecule is c1ccc(-c2ccccc2-c2ccc(N(c3ccc(-c4c(-c5ccccc5)c5ccccc5c5ccccc45)cc3)c3cc4ccccc4c4ccccc34)cc2)cc1. The third-order valence-electron chi connectivity index (χ3n) is 11.8. The molecule has 0 spiro atoms. The van der Waals surface area contributed by atoms with Gasteiger partial charge in [-0.3, -0.25) is 0 Å². The Bertz CT molecular complexity index is 3290. The molecule has 0 aromatic heterocycles. The molecule has 11 aromatic rings. The summed E-state index contributed by atoms with van der Waals surface area (Å²) in [7, 11) is 0. The van der Waals surface area contributed by atoms with Crippen LogP contribution < -0.4 is 4.90 Å². The molecule has 0 atom stereocenters. The molecule has 0 saturated carbocycles. The average Bonchev–Trinajstić information content (AvgIpc) is 3.32. The van der Waals surface area contributed by atoms with Crippen LogP contribution in [0.25, 0.3) is 87.6 Å². The molecular weight excluding hydrogens is 711 g/mol. The lowest BCUT2D eigenvalue weighted by Gasteiger charge is -2.28. The van der Waals surface area contributed by atoms with Crippen molar-refractivity contribution >= 4 is 60.2 Å². The number of hydrogen-bond donors (Lipinski definition) is 0. The summed E-state index contributed by atoms with van der Waals surface area (Å²) in [6.45, 7) is 0. The predicted octanol–water partition coefficient (Wildman–Crippen LogP) is 16.4. The molecule has 0 saturated heterocycles. The molecule has 0 amide bonds. The van der Waals surface area contributed by atoms with Crippen molar-refractivity contribution in [1.29, 1.82) is 0 Å². The van der Waals surface area contributed by atoms with E-state index in [-0.39, 0.29) is 0 Å². The summed E-state index contributed by atoms with van der Waals surface area (Å²) in [5.41, 5.74) is 13.1. The normalized spacial score (nSPS) is 11.4. The van der Waals surface area contributed by atoms with Crippen molar-refractivity contribution in [3.05, 3.63) is 237 Å². The number of rotatable bonds is 7. The summed E-state index contributed by atoms with van der Waals surface area (Å²) in [5.74, 6) is 0. The highest BCUT2D eigenvalue weighted by atomic mass is 15.1. The van der Waals surface area contributed by atoms with Crippen molar-refractivity contribution in [2.45, 2.75) is 0 Å². The second-order valence-electron chi connectivity index (χ2n) is 15.2. The maximum Gasteiger partial charge on any atom is 0.0546 e. The van der Waals surface area contributed by atoms with Crippen LogP contribution in [0, 0.1) is 0 Å². The zero-order valence-corrected chi connectivity index (χ0v) is 32.5. The van der Waals surface area contributed by atoms with E-state index in [9.17, 15) is 0 Å². The molecule has 11 rings (SSSR count). The third kappa shape index (κ3) is 6.04. The van der Waals surface area contributed by atoms with Crippen molar-refractivity contribution in [2.75, 3.05) is 4.90 Å². The molecule has 0 aliphatic rings.